The number of aliphatic hydroxyl groups excluding tert-OH is 20. The Hall–Kier alpha value is -4.19. The number of aliphatic hydroxyl groups is 20. The van der Waals surface area contributed by atoms with Crippen LogP contribution < -0.4 is 16.0 Å². The number of rotatable bonds is 64. The van der Waals surface area contributed by atoms with E-state index in [0.717, 1.165) is 78.1 Å². The third-order valence-corrected chi connectivity index (χ3v) is 25.2. The highest BCUT2D eigenvalue weighted by Gasteiger charge is 2.64. The minimum atomic E-state index is -3.50. The van der Waals surface area contributed by atoms with Crippen molar-refractivity contribution >= 4 is 29.7 Å². The van der Waals surface area contributed by atoms with Gasteiger partial charge in [0.25, 0.3) is 11.6 Å². The van der Waals surface area contributed by atoms with Crippen LogP contribution in [0.1, 0.15) is 259 Å². The van der Waals surface area contributed by atoms with E-state index < -0.39 is 296 Å². The fourth-order valence-electron chi connectivity index (χ4n) is 17.5. The van der Waals surface area contributed by atoms with E-state index >= 15 is 0 Å². The number of carboxylic acids is 2. The van der Waals surface area contributed by atoms with Gasteiger partial charge in [-0.15, -0.1) is 0 Å². The number of nitrogens with one attached hydrogen (secondary N) is 3. The number of ether oxygens (including phenoxy) is 12. The van der Waals surface area contributed by atoms with Crippen LogP contribution >= 0.6 is 0 Å². The van der Waals surface area contributed by atoms with E-state index in [0.29, 0.717) is 12.8 Å². The lowest BCUT2D eigenvalue weighted by molar-refractivity contribution is -0.407. The van der Waals surface area contributed by atoms with E-state index in [1.165, 1.54) is 141 Å². The van der Waals surface area contributed by atoms with Crippen LogP contribution in [0, 0.1) is 0 Å². The number of unbranched alkanes of at least 4 members (excludes halogenated alkanes) is 31. The molecule has 34 atom stereocenters. The Morgan fingerprint density at radius 2 is 0.777 bits per heavy atom. The molecule has 6 aliphatic heterocycles. The van der Waals surface area contributed by atoms with Gasteiger partial charge in [-0.3, -0.25) is 14.4 Å². The van der Waals surface area contributed by atoms with Gasteiger partial charge in [-0.05, 0) is 19.3 Å². The van der Waals surface area contributed by atoms with Gasteiger partial charge in [-0.2, -0.15) is 0 Å². The largest absolute Gasteiger partial charge is 0.477 e. The number of hydrogen-bond donors (Lipinski definition) is 25. The van der Waals surface area contributed by atoms with Crippen LogP contribution in [-0.4, -0.2) is 396 Å². The maximum atomic E-state index is 13.9. The van der Waals surface area contributed by atoms with E-state index in [2.05, 4.69) is 29.8 Å². The number of amides is 3. The molecule has 0 aromatic carbocycles. The maximum Gasteiger partial charge on any atom is 0.364 e. The van der Waals surface area contributed by atoms with Gasteiger partial charge in [0.2, 0.25) is 17.7 Å². The summed E-state index contributed by atoms with van der Waals surface area (Å²) < 4.78 is 71.9. The van der Waals surface area contributed by atoms with Crippen molar-refractivity contribution < 1.29 is 193 Å². The molecule has 0 radical (unpaired) electrons. The second-order valence-corrected chi connectivity index (χ2v) is 35.6. The van der Waals surface area contributed by atoms with Crippen LogP contribution in [-0.2, 0) is 80.8 Å². The van der Waals surface area contributed by atoms with E-state index in [1.807, 2.05) is 0 Å². The van der Waals surface area contributed by atoms with Crippen LogP contribution in [0.4, 0.5) is 0 Å². The molecule has 42 nitrogen and oxygen atoms in total. The van der Waals surface area contributed by atoms with Crippen LogP contribution in [0.3, 0.4) is 0 Å². The first-order valence-electron chi connectivity index (χ1n) is 47.2. The van der Waals surface area contributed by atoms with Crippen molar-refractivity contribution in [2.24, 2.45) is 0 Å². The minimum Gasteiger partial charge on any atom is -0.477 e. The first-order valence-corrected chi connectivity index (χ1v) is 47.2. The smallest absolute Gasteiger partial charge is 0.364 e. The highest BCUT2D eigenvalue weighted by atomic mass is 16.8. The monoisotopic (exact) mass is 1880 g/mol. The van der Waals surface area contributed by atoms with Crippen LogP contribution in [0.5, 0.6) is 0 Å². The van der Waals surface area contributed by atoms with Crippen LogP contribution in [0.15, 0.2) is 12.2 Å². The summed E-state index contributed by atoms with van der Waals surface area (Å²) in [5, 5.41) is 254. The highest BCUT2D eigenvalue weighted by molar-refractivity contribution is 5.77. The summed E-state index contributed by atoms with van der Waals surface area (Å²) in [4.78, 5) is 66.7. The molecule has 130 heavy (non-hydrogen) atoms. The fraction of sp³-hybridized carbons (Fsp3) is 0.920. The molecule has 25 N–H and O–H groups in total. The van der Waals surface area contributed by atoms with Gasteiger partial charge in [0.15, 0.2) is 25.2 Å². The molecule has 758 valence electrons. The van der Waals surface area contributed by atoms with Crippen molar-refractivity contribution in [1.29, 1.82) is 0 Å². The topological polar surface area (TPSA) is 677 Å². The Labute approximate surface area is 760 Å². The lowest BCUT2D eigenvalue weighted by atomic mass is 9.88. The van der Waals surface area contributed by atoms with Crippen molar-refractivity contribution in [2.75, 3.05) is 46.2 Å². The molecule has 6 fully saturated rings. The summed E-state index contributed by atoms with van der Waals surface area (Å²) in [6.45, 7) is -1.71. The highest BCUT2D eigenvalue weighted by Crippen LogP contribution is 2.43. The van der Waals surface area contributed by atoms with Gasteiger partial charge in [0.1, 0.15) is 140 Å². The van der Waals surface area contributed by atoms with Gasteiger partial charge in [-0.1, -0.05) is 219 Å². The molecule has 0 aromatic heterocycles. The number of allylic oxidation sites excluding steroid dienone is 1. The third kappa shape index (κ3) is 34.5. The summed E-state index contributed by atoms with van der Waals surface area (Å²) in [6.07, 6.45) is -26.3. The van der Waals surface area contributed by atoms with E-state index in [9.17, 15) is 136 Å². The number of hydrogen-bond acceptors (Lipinski definition) is 37. The molecular formula is C88H157N3O39. The number of carbonyl (C=O) groups is 5. The average Bonchev–Trinajstić information content (AvgIpc) is 0.749. The molecule has 0 aromatic rings. The van der Waals surface area contributed by atoms with E-state index in [4.69, 9.17) is 56.8 Å². The predicted molar refractivity (Wildman–Crippen MR) is 456 cm³/mol. The van der Waals surface area contributed by atoms with Crippen molar-refractivity contribution in [1.82, 2.24) is 16.0 Å². The zero-order chi connectivity index (χ0) is 95.8. The van der Waals surface area contributed by atoms with Crippen molar-refractivity contribution in [3.8, 4) is 0 Å². The standard InChI is InChI=1S/C88H157N3O39/c1-5-7-9-11-13-15-17-19-20-21-22-23-24-25-26-28-30-32-34-36-38-40-62(105)91-52(53(100)39-37-35-33-31-29-27-18-16-14-12-10-8-6-2)49-119-82-71(112)70(111)74(60(47-96)122-82)124-84-73(114)80(130-88(86(117)118)42-55(102)65(106)78(128-88)67(108)57(104)44-93)75(61(48-97)123-84)125-81-64(90-51(4)99)76(68(109)58(45-94)120-81)126-83-72(113)79(69(110)59(46-95)121-83)129-87(85(115)116)41-54(101)63(89-50(3)98)77(127-87)66(107)56(103)43-92/h37,39,52-61,63-84,92-97,100-104,106-114H,5-36,38,40-49H2,1-4H3,(H,89,98)(H,90,99)(H,91,105)(H,115,116)(H,117,118)/b39-37+/t52-,53+,54?,55?,56+,57+,58?,59?,60?,61?,63+,64?,65+,66+,67+,68-,69-,70+,71?,72?,73?,74+,75-,76+,77?,78?,79-,80+,81-,82+,83-,84-,87-,88-/m0/s1. The maximum absolute atomic E-state index is 13.9. The molecule has 3 amide bonds. The third-order valence-electron chi connectivity index (χ3n) is 25.2. The quantitative estimate of drug-likeness (QED) is 0.0239. The zero-order valence-corrected chi connectivity index (χ0v) is 75.8. The van der Waals surface area contributed by atoms with Crippen molar-refractivity contribution in [3.05, 3.63) is 12.2 Å². The van der Waals surface area contributed by atoms with Gasteiger partial charge < -0.3 is 185 Å². The summed E-state index contributed by atoms with van der Waals surface area (Å²) in [5.41, 5.74) is 0. The van der Waals surface area contributed by atoms with Crippen LogP contribution in [0.25, 0.3) is 0 Å². The van der Waals surface area contributed by atoms with Crippen molar-refractivity contribution in [3.63, 3.8) is 0 Å². The molecule has 42 heteroatoms. The normalized spacial score (nSPS) is 34.6. The average molecular weight is 1880 g/mol. The Morgan fingerprint density at radius 1 is 0.400 bits per heavy atom. The number of carboxylic acid groups (broad SMARTS) is 2. The first-order chi connectivity index (χ1) is 62.2. The number of aliphatic carboxylic acids is 2. The van der Waals surface area contributed by atoms with Crippen LogP contribution in [0.2, 0.25) is 0 Å². The lowest BCUT2D eigenvalue weighted by Crippen LogP contribution is -2.72. The van der Waals surface area contributed by atoms with Gasteiger partial charge in [0.05, 0.1) is 76.6 Å². The molecule has 6 saturated heterocycles. The summed E-state index contributed by atoms with van der Waals surface area (Å²) in [7, 11) is 0. The molecule has 6 rings (SSSR count). The second kappa shape index (κ2) is 59.8. The SMILES string of the molecule is CCCCCCCCCCCCC/C=C/[C@@H](O)[C@H](CO[C@@H]1OC(CO)[C@@H](O[C@@H]2OC(CO)[C@H](O[C@@H]3OC(CO)[C@H](O)[C@H](O[C@@H]4OC(CO)[C@H](O)[C@H](O[C@]5(C(=O)O)CC(O)[C@@H](NC(C)=O)C([C@H](O)[C@H](O)CO)O5)C4O)C3NC(C)=O)[C@H](O[C@]3(C(=O)O)CC(O)[C@@H](O)C([C@H](O)[C@H](O)CO)O3)C2O)[C@H](O)C1O)NC(=O)CCCCCCCCCCCCCCCCCCCCCCC. The molecular weight excluding hydrogens is 1720 g/mol. The number of carbonyl (C=O) groups excluding carboxylic acids is 3. The van der Waals surface area contributed by atoms with E-state index in [-0.39, 0.29) is 6.42 Å². The lowest BCUT2D eigenvalue weighted by Gasteiger charge is -2.52. The second-order valence-electron chi connectivity index (χ2n) is 35.6. The zero-order valence-electron chi connectivity index (χ0n) is 75.8. The van der Waals surface area contributed by atoms with E-state index in [1.54, 1.807) is 6.08 Å². The minimum absolute atomic E-state index is 0.1000. The Bertz CT molecular complexity index is 3180. The fourth-order valence-corrected chi connectivity index (χ4v) is 17.5. The predicted octanol–water partition coefficient (Wildman–Crippen LogP) is -1.67. The molecule has 0 bridgehead atoms. The summed E-state index contributed by atoms with van der Waals surface area (Å²) in [6, 6.07) is -5.08. The Morgan fingerprint density at radius 3 is 1.24 bits per heavy atom. The Kier molecular flexibility index (Phi) is 52.7. The molecule has 6 aliphatic rings. The summed E-state index contributed by atoms with van der Waals surface area (Å²) >= 11 is 0. The van der Waals surface area contributed by atoms with Gasteiger partial charge >= 0.3 is 11.9 Å². The molecule has 0 spiro atoms. The Balaban J connectivity index is 1.23. The molecule has 6 heterocycles. The molecule has 0 aliphatic carbocycles. The molecule has 12 unspecified atom stereocenters. The first kappa shape index (κ1) is 115. The van der Waals surface area contributed by atoms with Gasteiger partial charge in [-0.25, -0.2) is 9.59 Å². The summed E-state index contributed by atoms with van der Waals surface area (Å²) in [5.74, 6) is -13.6. The van der Waals surface area contributed by atoms with Crippen molar-refractivity contribution in [2.45, 2.75) is 466 Å². The molecule has 0 saturated carbocycles. The van der Waals surface area contributed by atoms with Gasteiger partial charge in [0, 0.05) is 33.1 Å².